The maximum Gasteiger partial charge on any atom is 0.251 e. The fourth-order valence-corrected chi connectivity index (χ4v) is 6.34. The van der Waals surface area contributed by atoms with Gasteiger partial charge in [0.2, 0.25) is 0 Å². The van der Waals surface area contributed by atoms with Crippen LogP contribution in [0.5, 0.6) is 5.75 Å². The molecule has 48 heavy (non-hydrogen) atoms. The van der Waals surface area contributed by atoms with Crippen LogP contribution in [0.2, 0.25) is 0 Å². The van der Waals surface area contributed by atoms with Crippen LogP contribution < -0.4 is 15.0 Å². The minimum Gasteiger partial charge on any atom is -0.491 e. The molecule has 2 aliphatic heterocycles. The molecule has 0 bridgehead atoms. The first-order valence-corrected chi connectivity index (χ1v) is 17.6. The highest BCUT2D eigenvalue weighted by molar-refractivity contribution is 6.07. The normalized spacial score (nSPS) is 15.2. The first kappa shape index (κ1) is 35.6. The van der Waals surface area contributed by atoms with E-state index in [9.17, 15) is 4.79 Å². The lowest BCUT2D eigenvalue weighted by Crippen LogP contribution is -2.36. The van der Waals surface area contributed by atoms with Crippen molar-refractivity contribution in [2.75, 3.05) is 77.1 Å². The molecule has 2 aliphatic rings. The molecule has 1 fully saturated rings. The molecule has 0 radical (unpaired) electrons. The van der Waals surface area contributed by atoms with Gasteiger partial charge in [-0.05, 0) is 104 Å². The third kappa shape index (κ3) is 10.4. The van der Waals surface area contributed by atoms with Crippen LogP contribution in [0.15, 0.2) is 72.3 Å². The number of hydrogen-bond donors (Lipinski definition) is 1. The standard InChI is InChI=1S/C40H53N3O5/c1-4-5-23-46-26-27-48-38-14-9-32(10-15-38)33-11-16-39-35(28-33)29-34(17-21-43(39)20-6-22-45-3)40(44)41-36-12-7-31(8-13-36)30-42(2)37-18-24-47-25-19-37/h7-16,28-29,37H,4-6,17-27,30H2,1-3H3,(H,41,44). The highest BCUT2D eigenvalue weighted by Gasteiger charge is 2.21. The van der Waals surface area contributed by atoms with E-state index in [1.54, 1.807) is 7.11 Å². The van der Waals surface area contributed by atoms with Crippen molar-refractivity contribution in [2.24, 2.45) is 0 Å². The molecule has 0 aliphatic carbocycles. The van der Waals surface area contributed by atoms with Crippen molar-refractivity contribution in [1.29, 1.82) is 0 Å². The van der Waals surface area contributed by atoms with Crippen LogP contribution in [-0.2, 0) is 25.5 Å². The lowest BCUT2D eigenvalue weighted by molar-refractivity contribution is -0.112. The molecule has 0 aromatic heterocycles. The molecule has 1 saturated heterocycles. The number of nitrogens with zero attached hydrogens (tertiary/aromatic N) is 2. The third-order valence-corrected chi connectivity index (χ3v) is 9.20. The van der Waals surface area contributed by atoms with Crippen LogP contribution in [0.1, 0.15) is 56.6 Å². The number of unbranched alkanes of at least 4 members (excludes halogenated alkanes) is 1. The number of fused-ring (bicyclic) bond motifs is 1. The molecule has 1 N–H and O–H groups in total. The molecule has 8 heteroatoms. The van der Waals surface area contributed by atoms with E-state index in [0.29, 0.717) is 32.3 Å². The van der Waals surface area contributed by atoms with E-state index in [-0.39, 0.29) is 5.91 Å². The van der Waals surface area contributed by atoms with Crippen molar-refractivity contribution in [1.82, 2.24) is 4.90 Å². The average molecular weight is 656 g/mol. The fourth-order valence-electron chi connectivity index (χ4n) is 6.34. The number of carbonyl (C=O) groups is 1. The van der Waals surface area contributed by atoms with Crippen LogP contribution in [-0.4, -0.2) is 83.7 Å². The van der Waals surface area contributed by atoms with E-state index in [2.05, 4.69) is 77.6 Å². The zero-order valence-electron chi connectivity index (χ0n) is 29.0. The average Bonchev–Trinajstić information content (AvgIpc) is 3.30. The number of nitrogens with one attached hydrogen (secondary N) is 1. The first-order valence-electron chi connectivity index (χ1n) is 17.6. The van der Waals surface area contributed by atoms with Gasteiger partial charge in [-0.25, -0.2) is 0 Å². The number of methoxy groups -OCH3 is 1. The molecule has 258 valence electrons. The molecule has 0 saturated carbocycles. The zero-order valence-corrected chi connectivity index (χ0v) is 29.0. The molecule has 3 aromatic carbocycles. The minimum atomic E-state index is -0.0580. The van der Waals surface area contributed by atoms with Gasteiger partial charge < -0.3 is 29.2 Å². The van der Waals surface area contributed by atoms with Crippen LogP contribution >= 0.6 is 0 Å². The summed E-state index contributed by atoms with van der Waals surface area (Å²) in [6, 6.07) is 23.5. The Morgan fingerprint density at radius 3 is 2.46 bits per heavy atom. The van der Waals surface area contributed by atoms with Crippen molar-refractivity contribution in [2.45, 2.75) is 58.0 Å². The minimum absolute atomic E-state index is 0.0580. The van der Waals surface area contributed by atoms with E-state index in [1.165, 1.54) is 5.56 Å². The quantitative estimate of drug-likeness (QED) is 0.152. The maximum atomic E-state index is 13.7. The van der Waals surface area contributed by atoms with Gasteiger partial charge in [-0.1, -0.05) is 43.7 Å². The summed E-state index contributed by atoms with van der Waals surface area (Å²) in [7, 11) is 3.92. The van der Waals surface area contributed by atoms with Gasteiger partial charge >= 0.3 is 0 Å². The Balaban J connectivity index is 1.26. The van der Waals surface area contributed by atoms with Gasteiger partial charge in [0.1, 0.15) is 12.4 Å². The molecular formula is C40H53N3O5. The Morgan fingerprint density at radius 1 is 0.938 bits per heavy atom. The summed E-state index contributed by atoms with van der Waals surface area (Å²) >= 11 is 0. The monoisotopic (exact) mass is 655 g/mol. The Morgan fingerprint density at radius 2 is 1.71 bits per heavy atom. The number of amides is 1. The van der Waals surface area contributed by atoms with Gasteiger partial charge in [0.25, 0.3) is 5.91 Å². The summed E-state index contributed by atoms with van der Waals surface area (Å²) in [5.74, 6) is 0.771. The predicted molar refractivity (Wildman–Crippen MR) is 195 cm³/mol. The predicted octanol–water partition coefficient (Wildman–Crippen LogP) is 7.43. The SMILES string of the molecule is CCCCOCCOc1ccc(-c2ccc3c(c2)C=C(C(=O)Nc2ccc(CN(C)C4CCOCC4)cc2)CCN3CCCOC)cc1. The Kier molecular flexibility index (Phi) is 13.9. The van der Waals surface area contributed by atoms with E-state index < -0.39 is 0 Å². The molecule has 8 nitrogen and oxygen atoms in total. The number of rotatable bonds is 17. The van der Waals surface area contributed by atoms with Gasteiger partial charge in [0, 0.05) is 76.2 Å². The van der Waals surface area contributed by atoms with Gasteiger partial charge in [-0.15, -0.1) is 0 Å². The topological polar surface area (TPSA) is 72.5 Å². The van der Waals surface area contributed by atoms with E-state index in [1.807, 2.05) is 24.3 Å². The second-order valence-corrected chi connectivity index (χ2v) is 12.8. The van der Waals surface area contributed by atoms with Crippen LogP contribution in [0.25, 0.3) is 17.2 Å². The summed E-state index contributed by atoms with van der Waals surface area (Å²) < 4.78 is 22.4. The summed E-state index contributed by atoms with van der Waals surface area (Å²) in [6.07, 6.45) is 8.00. The fraction of sp³-hybridized carbons (Fsp3) is 0.475. The van der Waals surface area contributed by atoms with Crippen LogP contribution in [0.3, 0.4) is 0 Å². The number of benzene rings is 3. The van der Waals surface area contributed by atoms with Crippen molar-refractivity contribution in [3.05, 3.63) is 83.4 Å². The lowest BCUT2D eigenvalue weighted by atomic mass is 10.00. The van der Waals surface area contributed by atoms with E-state index in [4.69, 9.17) is 18.9 Å². The summed E-state index contributed by atoms with van der Waals surface area (Å²) in [5, 5.41) is 3.17. The zero-order chi connectivity index (χ0) is 33.6. The third-order valence-electron chi connectivity index (χ3n) is 9.20. The van der Waals surface area contributed by atoms with Gasteiger partial charge in [0.15, 0.2) is 0 Å². The van der Waals surface area contributed by atoms with Crippen LogP contribution in [0, 0.1) is 0 Å². The van der Waals surface area contributed by atoms with Gasteiger partial charge in [-0.2, -0.15) is 0 Å². The molecule has 0 unspecified atom stereocenters. The van der Waals surface area contributed by atoms with E-state index >= 15 is 0 Å². The van der Waals surface area contributed by atoms with Gasteiger partial charge in [-0.3, -0.25) is 9.69 Å². The molecule has 5 rings (SSSR count). The summed E-state index contributed by atoms with van der Waals surface area (Å²) in [4.78, 5) is 18.4. The summed E-state index contributed by atoms with van der Waals surface area (Å²) in [5.41, 5.74) is 7.20. The highest BCUT2D eigenvalue weighted by atomic mass is 16.5. The van der Waals surface area contributed by atoms with Crippen molar-refractivity contribution in [3.63, 3.8) is 0 Å². The summed E-state index contributed by atoms with van der Waals surface area (Å²) in [6.45, 7) is 8.95. The Labute approximate surface area is 287 Å². The van der Waals surface area contributed by atoms with Crippen molar-refractivity contribution < 1.29 is 23.7 Å². The Bertz CT molecular complexity index is 1450. The number of carbonyl (C=O) groups excluding carboxylic acids is 1. The van der Waals surface area contributed by atoms with Gasteiger partial charge in [0.05, 0.1) is 6.61 Å². The number of hydrogen-bond acceptors (Lipinski definition) is 7. The van der Waals surface area contributed by atoms with Crippen molar-refractivity contribution >= 4 is 23.4 Å². The first-order chi connectivity index (χ1) is 23.5. The number of ether oxygens (including phenoxy) is 4. The smallest absolute Gasteiger partial charge is 0.251 e. The van der Waals surface area contributed by atoms with Crippen molar-refractivity contribution in [3.8, 4) is 16.9 Å². The molecule has 2 heterocycles. The lowest BCUT2D eigenvalue weighted by Gasteiger charge is -2.31. The second-order valence-electron chi connectivity index (χ2n) is 12.8. The molecular weight excluding hydrogens is 602 g/mol. The Hall–Kier alpha value is -3.69. The number of anilines is 2. The van der Waals surface area contributed by atoms with E-state index in [0.717, 1.165) is 111 Å². The molecule has 0 spiro atoms. The molecule has 3 aromatic rings. The van der Waals surface area contributed by atoms with Crippen LogP contribution in [0.4, 0.5) is 11.4 Å². The second kappa shape index (κ2) is 18.7. The molecule has 1 amide bonds. The highest BCUT2D eigenvalue weighted by Crippen LogP contribution is 2.33. The maximum absolute atomic E-state index is 13.7. The largest absolute Gasteiger partial charge is 0.491 e. The molecule has 0 atom stereocenters.